The zero-order valence-corrected chi connectivity index (χ0v) is 18.4. The van der Waals surface area contributed by atoms with E-state index in [2.05, 4.69) is 16.7 Å². The Balaban J connectivity index is 1.58. The number of furan rings is 1. The molecule has 0 radical (unpaired) electrons. The Morgan fingerprint density at radius 3 is 2.94 bits per heavy atom. The van der Waals surface area contributed by atoms with Crippen LogP contribution >= 0.6 is 23.4 Å². The zero-order chi connectivity index (χ0) is 22.0. The van der Waals surface area contributed by atoms with E-state index in [0.717, 1.165) is 24.1 Å². The first-order valence-corrected chi connectivity index (χ1v) is 11.2. The van der Waals surface area contributed by atoms with Crippen LogP contribution < -0.4 is 10.6 Å². The number of hydrogen-bond acceptors (Lipinski definition) is 6. The predicted molar refractivity (Wildman–Crippen MR) is 120 cm³/mol. The van der Waals surface area contributed by atoms with Gasteiger partial charge in [-0.1, -0.05) is 29.4 Å². The van der Waals surface area contributed by atoms with Crippen LogP contribution in [0.2, 0.25) is 5.02 Å². The van der Waals surface area contributed by atoms with Crippen molar-refractivity contribution >= 4 is 40.7 Å². The van der Waals surface area contributed by atoms with E-state index in [1.807, 2.05) is 6.92 Å². The maximum Gasteiger partial charge on any atom is 0.234 e. The van der Waals surface area contributed by atoms with Crippen molar-refractivity contribution in [2.24, 2.45) is 0 Å². The summed E-state index contributed by atoms with van der Waals surface area (Å²) in [6.07, 6.45) is 3.46. The van der Waals surface area contributed by atoms with Gasteiger partial charge < -0.3 is 15.1 Å². The van der Waals surface area contributed by atoms with E-state index in [1.54, 1.807) is 30.3 Å². The smallest absolute Gasteiger partial charge is 0.234 e. The number of rotatable bonds is 5. The number of thioether (sulfide) groups is 1. The highest BCUT2D eigenvalue weighted by atomic mass is 35.5. The summed E-state index contributed by atoms with van der Waals surface area (Å²) in [5.41, 5.74) is 3.25. The van der Waals surface area contributed by atoms with Crippen LogP contribution in [0.1, 0.15) is 36.5 Å². The molecule has 4 rings (SSSR count). The van der Waals surface area contributed by atoms with Crippen LogP contribution in [-0.4, -0.2) is 17.4 Å². The third-order valence-corrected chi connectivity index (χ3v) is 6.81. The monoisotopic (exact) mass is 453 g/mol. The normalized spacial score (nSPS) is 18.4. The first-order chi connectivity index (χ1) is 15.0. The molecule has 0 bridgehead atoms. The predicted octanol–water partition coefficient (Wildman–Crippen LogP) is 5.04. The molecule has 2 heterocycles. The maximum atomic E-state index is 12.7. The van der Waals surface area contributed by atoms with Gasteiger partial charge in [-0.25, -0.2) is 0 Å². The van der Waals surface area contributed by atoms with E-state index in [-0.39, 0.29) is 17.4 Å². The van der Waals surface area contributed by atoms with E-state index in [9.17, 15) is 14.9 Å². The van der Waals surface area contributed by atoms with Crippen LogP contribution in [0, 0.1) is 18.3 Å². The molecule has 31 heavy (non-hydrogen) atoms. The first kappa shape index (κ1) is 21.3. The number of Topliss-reactive ketones (excluding diaryl/α,β-unsaturated/α-hetero) is 1. The molecular formula is C23H20ClN3O3S. The van der Waals surface area contributed by atoms with Gasteiger partial charge in [0.05, 0.1) is 34.6 Å². The minimum absolute atomic E-state index is 0.0288. The molecule has 0 saturated carbocycles. The fourth-order valence-electron chi connectivity index (χ4n) is 3.84. The average molecular weight is 454 g/mol. The summed E-state index contributed by atoms with van der Waals surface area (Å²) >= 11 is 7.36. The van der Waals surface area contributed by atoms with Crippen LogP contribution in [0.25, 0.3) is 0 Å². The Kier molecular flexibility index (Phi) is 6.21. The number of hydrogen-bond donors (Lipinski definition) is 2. The number of nitriles is 1. The summed E-state index contributed by atoms with van der Waals surface area (Å²) in [6, 6.07) is 11.1. The Morgan fingerprint density at radius 2 is 2.19 bits per heavy atom. The number of nitrogens with one attached hydrogen (secondary N) is 2. The van der Waals surface area contributed by atoms with Crippen molar-refractivity contribution in [3.63, 3.8) is 0 Å². The number of amides is 1. The van der Waals surface area contributed by atoms with Crippen molar-refractivity contribution in [1.29, 1.82) is 5.26 Å². The Morgan fingerprint density at radius 1 is 1.35 bits per heavy atom. The number of nitrogens with zero attached hydrogens (tertiary/aromatic N) is 1. The van der Waals surface area contributed by atoms with Gasteiger partial charge in [0, 0.05) is 28.4 Å². The van der Waals surface area contributed by atoms with Gasteiger partial charge in [0.15, 0.2) is 5.78 Å². The van der Waals surface area contributed by atoms with Gasteiger partial charge in [-0.15, -0.1) is 0 Å². The fraction of sp³-hybridized carbons (Fsp3) is 0.261. The molecule has 8 heteroatoms. The molecule has 2 aliphatic rings. The number of benzene rings is 1. The van der Waals surface area contributed by atoms with Gasteiger partial charge in [0.1, 0.15) is 5.76 Å². The van der Waals surface area contributed by atoms with Gasteiger partial charge in [0.2, 0.25) is 5.91 Å². The van der Waals surface area contributed by atoms with E-state index < -0.39 is 5.92 Å². The van der Waals surface area contributed by atoms with Gasteiger partial charge in [-0.3, -0.25) is 9.59 Å². The molecule has 1 amide bonds. The van der Waals surface area contributed by atoms with Crippen LogP contribution in [0.4, 0.5) is 5.69 Å². The zero-order valence-electron chi connectivity index (χ0n) is 16.8. The van der Waals surface area contributed by atoms with E-state index in [1.165, 1.54) is 18.0 Å². The van der Waals surface area contributed by atoms with Crippen LogP contribution in [-0.2, 0) is 9.59 Å². The topological polar surface area (TPSA) is 95.1 Å². The van der Waals surface area contributed by atoms with E-state index >= 15 is 0 Å². The third-order valence-electron chi connectivity index (χ3n) is 5.38. The molecule has 1 aliphatic carbocycles. The lowest BCUT2D eigenvalue weighted by atomic mass is 9.79. The van der Waals surface area contributed by atoms with Gasteiger partial charge in [-0.2, -0.15) is 5.26 Å². The average Bonchev–Trinajstić information content (AvgIpc) is 3.29. The second-order valence-corrected chi connectivity index (χ2v) is 8.74. The lowest BCUT2D eigenvalue weighted by molar-refractivity contribution is -0.116. The van der Waals surface area contributed by atoms with Crippen LogP contribution in [0.3, 0.4) is 0 Å². The van der Waals surface area contributed by atoms with Crippen molar-refractivity contribution in [3.05, 3.63) is 74.8 Å². The van der Waals surface area contributed by atoms with Crippen molar-refractivity contribution in [1.82, 2.24) is 5.32 Å². The standard InChI is InChI=1S/C23H20ClN3O3S/c1-13-15(24)5-2-6-16(13)26-20(29)12-31-23-14(11-25)21(19-9-4-10-30-19)22-17(27-23)7-3-8-18(22)28/h2,4-6,9-10,21,27H,3,7-8,12H2,1H3,(H,26,29)/t21-/m0/s1. The SMILES string of the molecule is Cc1c(Cl)cccc1NC(=O)CSC1=C(C#N)[C@@H](c2ccco2)C2=C(CCCC2=O)N1. The minimum atomic E-state index is -0.551. The molecule has 1 aliphatic heterocycles. The fourth-order valence-corrected chi connectivity index (χ4v) is 4.88. The quantitative estimate of drug-likeness (QED) is 0.658. The number of allylic oxidation sites excluding steroid dienone is 3. The summed E-state index contributed by atoms with van der Waals surface area (Å²) in [4.78, 5) is 25.2. The number of anilines is 1. The Hall–Kier alpha value is -2.95. The summed E-state index contributed by atoms with van der Waals surface area (Å²) in [5.74, 6) is -0.0826. The van der Waals surface area contributed by atoms with E-state index in [4.69, 9.17) is 16.0 Å². The largest absolute Gasteiger partial charge is 0.468 e. The second kappa shape index (κ2) is 9.04. The van der Waals surface area contributed by atoms with Crippen molar-refractivity contribution in [3.8, 4) is 6.07 Å². The first-order valence-electron chi connectivity index (χ1n) is 9.88. The molecule has 1 atom stereocenters. The lowest BCUT2D eigenvalue weighted by Gasteiger charge is -2.32. The van der Waals surface area contributed by atoms with Gasteiger partial charge in [0.25, 0.3) is 0 Å². The van der Waals surface area contributed by atoms with E-state index in [0.29, 0.717) is 39.1 Å². The van der Waals surface area contributed by atoms with Crippen LogP contribution in [0.15, 0.2) is 62.9 Å². The number of halogens is 1. The maximum absolute atomic E-state index is 12.7. The summed E-state index contributed by atoms with van der Waals surface area (Å²) in [7, 11) is 0. The Bertz CT molecular complexity index is 1150. The molecule has 1 aromatic carbocycles. The van der Waals surface area contributed by atoms with Crippen molar-refractivity contribution in [2.75, 3.05) is 11.1 Å². The summed E-state index contributed by atoms with van der Waals surface area (Å²) in [5, 5.41) is 17.2. The van der Waals surface area contributed by atoms with Crippen molar-refractivity contribution in [2.45, 2.75) is 32.1 Å². The Labute approximate surface area is 189 Å². The number of carbonyl (C=O) groups excluding carboxylic acids is 2. The highest BCUT2D eigenvalue weighted by molar-refractivity contribution is 8.03. The van der Waals surface area contributed by atoms with Crippen LogP contribution in [0.5, 0.6) is 0 Å². The molecule has 0 unspecified atom stereocenters. The third kappa shape index (κ3) is 4.27. The molecule has 0 saturated heterocycles. The highest BCUT2D eigenvalue weighted by Crippen LogP contribution is 2.44. The van der Waals surface area contributed by atoms with Crippen molar-refractivity contribution < 1.29 is 14.0 Å². The van der Waals surface area contributed by atoms with Gasteiger partial charge >= 0.3 is 0 Å². The molecule has 0 spiro atoms. The summed E-state index contributed by atoms with van der Waals surface area (Å²) in [6.45, 7) is 1.84. The molecule has 2 aromatic rings. The highest BCUT2D eigenvalue weighted by Gasteiger charge is 2.38. The number of dihydropyridines is 1. The number of ketones is 1. The second-order valence-electron chi connectivity index (χ2n) is 7.35. The van der Waals surface area contributed by atoms with Gasteiger partial charge in [-0.05, 0) is 49.6 Å². The molecular weight excluding hydrogens is 434 g/mol. The summed E-state index contributed by atoms with van der Waals surface area (Å²) < 4.78 is 5.58. The molecule has 2 N–H and O–H groups in total. The lowest BCUT2D eigenvalue weighted by Crippen LogP contribution is -2.31. The molecule has 0 fully saturated rings. The minimum Gasteiger partial charge on any atom is -0.468 e. The number of carbonyl (C=O) groups is 2. The molecule has 1 aromatic heterocycles. The molecule has 6 nitrogen and oxygen atoms in total. The molecule has 158 valence electrons.